The quantitative estimate of drug-likeness (QED) is 0.290. The van der Waals surface area contributed by atoms with Crippen molar-refractivity contribution in [1.29, 1.82) is 0 Å². The molecule has 6 heteroatoms. The minimum atomic E-state index is -0.280. The molecule has 1 heterocycles. The highest BCUT2D eigenvalue weighted by molar-refractivity contribution is 9.10. The summed E-state index contributed by atoms with van der Waals surface area (Å²) in [6.07, 6.45) is 2.14. The van der Waals surface area contributed by atoms with Gasteiger partial charge in [-0.25, -0.2) is 4.39 Å². The average molecular weight is 457 g/mol. The van der Waals surface area contributed by atoms with E-state index in [0.717, 1.165) is 57.0 Å². The first-order valence-electron chi connectivity index (χ1n) is 9.11. The van der Waals surface area contributed by atoms with Crippen LogP contribution in [0, 0.1) is 5.82 Å². The Morgan fingerprint density at radius 3 is 2.39 bits per heavy atom. The first-order valence-corrected chi connectivity index (χ1v) is 10.6. The van der Waals surface area contributed by atoms with E-state index in [1.54, 1.807) is 12.1 Å². The highest BCUT2D eigenvalue weighted by Crippen LogP contribution is 2.35. The van der Waals surface area contributed by atoms with Crippen molar-refractivity contribution < 1.29 is 9.13 Å². The fourth-order valence-corrected chi connectivity index (χ4v) is 4.14. The molecule has 0 unspecified atom stereocenters. The van der Waals surface area contributed by atoms with Gasteiger partial charge in [0.05, 0.1) is 18.3 Å². The molecule has 0 aliphatic heterocycles. The Balaban J connectivity index is 1.63. The molecule has 3 nitrogen and oxygen atoms in total. The van der Waals surface area contributed by atoms with Crippen LogP contribution in [0.25, 0.3) is 33.3 Å². The molecule has 28 heavy (non-hydrogen) atoms. The summed E-state index contributed by atoms with van der Waals surface area (Å²) >= 11 is 4.59. The lowest BCUT2D eigenvalue weighted by Crippen LogP contribution is -1.96. The molecule has 0 saturated heterocycles. The molecule has 0 saturated carbocycles. The third-order valence-electron chi connectivity index (χ3n) is 4.58. The third-order valence-corrected chi connectivity index (χ3v) is 5.75. The SMILES string of the molecule is CCCCOc1ccc(-c2ccc(-c3ccc(Br)c4nsnc34)c(F)c2)cc1. The molecule has 0 fully saturated rings. The zero-order valence-corrected chi connectivity index (χ0v) is 17.7. The highest BCUT2D eigenvalue weighted by Gasteiger charge is 2.14. The minimum Gasteiger partial charge on any atom is -0.494 e. The Bertz CT molecular complexity index is 1110. The summed E-state index contributed by atoms with van der Waals surface area (Å²) < 4.78 is 30.1. The molecule has 0 spiro atoms. The number of unbranched alkanes of at least 4 members (excludes halogenated alkanes) is 1. The molecular formula is C22H18BrFN2OS. The smallest absolute Gasteiger partial charge is 0.131 e. The average Bonchev–Trinajstić information content (AvgIpc) is 3.20. The van der Waals surface area contributed by atoms with Gasteiger partial charge >= 0.3 is 0 Å². The molecule has 0 radical (unpaired) electrons. The number of ether oxygens (including phenoxy) is 1. The van der Waals surface area contributed by atoms with Crippen LogP contribution in [0.2, 0.25) is 0 Å². The fraction of sp³-hybridized carbons (Fsp3) is 0.182. The lowest BCUT2D eigenvalue weighted by molar-refractivity contribution is 0.309. The Morgan fingerprint density at radius 2 is 1.64 bits per heavy atom. The number of nitrogens with zero attached hydrogens (tertiary/aromatic N) is 2. The number of halogens is 2. The van der Waals surface area contributed by atoms with Crippen LogP contribution >= 0.6 is 27.7 Å². The van der Waals surface area contributed by atoms with Gasteiger partial charge in [-0.2, -0.15) is 8.75 Å². The summed E-state index contributed by atoms with van der Waals surface area (Å²) in [5.41, 5.74) is 4.50. The van der Waals surface area contributed by atoms with Crippen LogP contribution in [-0.2, 0) is 0 Å². The molecule has 0 N–H and O–H groups in total. The Morgan fingerprint density at radius 1 is 0.929 bits per heavy atom. The van der Waals surface area contributed by atoms with Gasteiger partial charge in [0.25, 0.3) is 0 Å². The topological polar surface area (TPSA) is 35.0 Å². The van der Waals surface area contributed by atoms with Gasteiger partial charge < -0.3 is 4.74 Å². The summed E-state index contributed by atoms with van der Waals surface area (Å²) in [7, 11) is 0. The molecule has 0 aliphatic carbocycles. The molecule has 3 aromatic carbocycles. The van der Waals surface area contributed by atoms with E-state index in [2.05, 4.69) is 31.6 Å². The van der Waals surface area contributed by atoms with E-state index < -0.39 is 0 Å². The van der Waals surface area contributed by atoms with Crippen LogP contribution in [0.4, 0.5) is 4.39 Å². The van der Waals surface area contributed by atoms with Crippen molar-refractivity contribution in [3.8, 4) is 28.0 Å². The highest BCUT2D eigenvalue weighted by atomic mass is 79.9. The summed E-state index contributed by atoms with van der Waals surface area (Å²) in [4.78, 5) is 0. The molecule has 0 atom stereocenters. The van der Waals surface area contributed by atoms with Crippen LogP contribution in [0.3, 0.4) is 0 Å². The van der Waals surface area contributed by atoms with Crippen molar-refractivity contribution in [2.24, 2.45) is 0 Å². The van der Waals surface area contributed by atoms with Crippen LogP contribution in [0.1, 0.15) is 19.8 Å². The summed E-state index contributed by atoms with van der Waals surface area (Å²) in [6, 6.07) is 16.8. The van der Waals surface area contributed by atoms with Gasteiger partial charge in [0.2, 0.25) is 0 Å². The standard InChI is InChI=1S/C22H18BrFN2OS/c1-2-3-12-27-16-7-4-14(5-8-16)15-6-9-17(20(24)13-15)18-10-11-19(23)22-21(18)25-28-26-22/h4-11,13H,2-3,12H2,1H3. The molecule has 4 rings (SSSR count). The summed E-state index contributed by atoms with van der Waals surface area (Å²) in [6.45, 7) is 2.85. The monoisotopic (exact) mass is 456 g/mol. The molecule has 0 amide bonds. The number of aromatic nitrogens is 2. The van der Waals surface area contributed by atoms with Crippen molar-refractivity contribution in [2.75, 3.05) is 6.61 Å². The molecule has 0 bridgehead atoms. The number of rotatable bonds is 6. The lowest BCUT2D eigenvalue weighted by atomic mass is 9.99. The molecule has 4 aromatic rings. The normalized spacial score (nSPS) is 11.1. The predicted molar refractivity (Wildman–Crippen MR) is 116 cm³/mol. The predicted octanol–water partition coefficient (Wildman–Crippen LogP) is 7.11. The van der Waals surface area contributed by atoms with Gasteiger partial charge in [0, 0.05) is 15.6 Å². The van der Waals surface area contributed by atoms with Crippen molar-refractivity contribution in [3.63, 3.8) is 0 Å². The van der Waals surface area contributed by atoms with Crippen molar-refractivity contribution in [2.45, 2.75) is 19.8 Å². The first kappa shape index (κ1) is 19.0. The number of hydrogen-bond donors (Lipinski definition) is 0. The van der Waals surface area contributed by atoms with E-state index in [1.807, 2.05) is 42.5 Å². The van der Waals surface area contributed by atoms with Crippen molar-refractivity contribution in [1.82, 2.24) is 8.75 Å². The Kier molecular flexibility index (Phi) is 5.69. The lowest BCUT2D eigenvalue weighted by Gasteiger charge is -2.09. The van der Waals surface area contributed by atoms with Gasteiger partial charge in [0.15, 0.2) is 0 Å². The first-order chi connectivity index (χ1) is 13.7. The summed E-state index contributed by atoms with van der Waals surface area (Å²) in [5, 5.41) is 0. The van der Waals surface area contributed by atoms with E-state index in [-0.39, 0.29) is 5.82 Å². The van der Waals surface area contributed by atoms with Crippen LogP contribution in [0.5, 0.6) is 5.75 Å². The third kappa shape index (κ3) is 3.80. The van der Waals surface area contributed by atoms with Crippen molar-refractivity contribution in [3.05, 3.63) is 64.9 Å². The van der Waals surface area contributed by atoms with Gasteiger partial charge in [-0.05, 0) is 57.7 Å². The number of fused-ring (bicyclic) bond motifs is 1. The molecule has 0 aliphatic rings. The second-order valence-electron chi connectivity index (χ2n) is 6.48. The maximum absolute atomic E-state index is 15.0. The molecule has 1 aromatic heterocycles. The van der Waals surface area contributed by atoms with E-state index in [4.69, 9.17) is 4.74 Å². The largest absolute Gasteiger partial charge is 0.494 e. The van der Waals surface area contributed by atoms with Gasteiger partial charge in [-0.3, -0.25) is 0 Å². The Labute approximate surface area is 175 Å². The fourth-order valence-electron chi connectivity index (χ4n) is 3.04. The van der Waals surface area contributed by atoms with E-state index in [1.165, 1.54) is 0 Å². The molecular weight excluding hydrogens is 439 g/mol. The van der Waals surface area contributed by atoms with Gasteiger partial charge in [-0.15, -0.1) is 0 Å². The van der Waals surface area contributed by atoms with Crippen LogP contribution < -0.4 is 4.74 Å². The van der Waals surface area contributed by atoms with Crippen LogP contribution in [0.15, 0.2) is 59.1 Å². The minimum absolute atomic E-state index is 0.280. The molecule has 142 valence electrons. The maximum atomic E-state index is 15.0. The van der Waals surface area contributed by atoms with Crippen molar-refractivity contribution >= 4 is 38.7 Å². The number of benzene rings is 3. The summed E-state index contributed by atoms with van der Waals surface area (Å²) in [5.74, 6) is 0.556. The van der Waals surface area contributed by atoms with Gasteiger partial charge in [-0.1, -0.05) is 43.7 Å². The van der Waals surface area contributed by atoms with E-state index in [0.29, 0.717) is 17.7 Å². The maximum Gasteiger partial charge on any atom is 0.131 e. The number of hydrogen-bond acceptors (Lipinski definition) is 4. The van der Waals surface area contributed by atoms with Gasteiger partial charge in [0.1, 0.15) is 22.6 Å². The Hall–Kier alpha value is -2.31. The zero-order valence-electron chi connectivity index (χ0n) is 15.3. The second kappa shape index (κ2) is 8.37. The van der Waals surface area contributed by atoms with E-state index in [9.17, 15) is 4.39 Å². The van der Waals surface area contributed by atoms with E-state index >= 15 is 0 Å². The second-order valence-corrected chi connectivity index (χ2v) is 7.86. The van der Waals surface area contributed by atoms with Crippen LogP contribution in [-0.4, -0.2) is 15.4 Å². The zero-order chi connectivity index (χ0) is 19.5.